The van der Waals surface area contributed by atoms with E-state index in [0.29, 0.717) is 30.8 Å². The van der Waals surface area contributed by atoms with Crippen LogP contribution in [0.1, 0.15) is 12.8 Å². The van der Waals surface area contributed by atoms with Crippen molar-refractivity contribution in [2.75, 3.05) is 11.9 Å². The SMILES string of the molecule is O=C1CCC(NC(=O)Nc2cccc(Oc3ccccc3)c2)CN1. The smallest absolute Gasteiger partial charge is 0.319 e. The first-order valence-corrected chi connectivity index (χ1v) is 7.86. The van der Waals surface area contributed by atoms with Gasteiger partial charge in [-0.25, -0.2) is 4.79 Å². The maximum atomic E-state index is 12.1. The molecular formula is C18H19N3O3. The van der Waals surface area contributed by atoms with Crippen molar-refractivity contribution in [1.29, 1.82) is 0 Å². The van der Waals surface area contributed by atoms with Gasteiger partial charge >= 0.3 is 6.03 Å². The number of piperidine rings is 1. The van der Waals surface area contributed by atoms with Crippen LogP contribution in [0.25, 0.3) is 0 Å². The third-order valence-electron chi connectivity index (χ3n) is 3.67. The molecule has 3 rings (SSSR count). The summed E-state index contributed by atoms with van der Waals surface area (Å²) in [5.41, 5.74) is 0.640. The predicted octanol–water partition coefficient (Wildman–Crippen LogP) is 2.88. The van der Waals surface area contributed by atoms with Gasteiger partial charge in [-0.05, 0) is 30.7 Å². The molecular weight excluding hydrogens is 306 g/mol. The van der Waals surface area contributed by atoms with Gasteiger partial charge in [-0.2, -0.15) is 0 Å². The van der Waals surface area contributed by atoms with Gasteiger partial charge in [0.1, 0.15) is 11.5 Å². The second-order valence-corrected chi connectivity index (χ2v) is 5.58. The van der Waals surface area contributed by atoms with E-state index in [1.165, 1.54) is 0 Å². The maximum Gasteiger partial charge on any atom is 0.319 e. The minimum absolute atomic E-state index is 0.0271. The van der Waals surface area contributed by atoms with Gasteiger partial charge in [-0.3, -0.25) is 4.79 Å². The van der Waals surface area contributed by atoms with Crippen molar-refractivity contribution in [2.45, 2.75) is 18.9 Å². The van der Waals surface area contributed by atoms with Crippen molar-refractivity contribution in [3.05, 3.63) is 54.6 Å². The number of carbonyl (C=O) groups is 2. The van der Waals surface area contributed by atoms with Crippen LogP contribution in [0, 0.1) is 0 Å². The predicted molar refractivity (Wildman–Crippen MR) is 91.1 cm³/mol. The minimum Gasteiger partial charge on any atom is -0.457 e. The molecule has 1 atom stereocenters. The fourth-order valence-electron chi connectivity index (χ4n) is 2.47. The van der Waals surface area contributed by atoms with Crippen LogP contribution in [0.4, 0.5) is 10.5 Å². The van der Waals surface area contributed by atoms with Crippen LogP contribution in [0.2, 0.25) is 0 Å². The maximum absolute atomic E-state index is 12.1. The lowest BCUT2D eigenvalue weighted by atomic mass is 10.1. The summed E-state index contributed by atoms with van der Waals surface area (Å²) in [6, 6.07) is 16.3. The highest BCUT2D eigenvalue weighted by molar-refractivity contribution is 5.89. The van der Waals surface area contributed by atoms with E-state index in [1.807, 2.05) is 42.5 Å². The van der Waals surface area contributed by atoms with E-state index in [2.05, 4.69) is 16.0 Å². The largest absolute Gasteiger partial charge is 0.457 e. The summed E-state index contributed by atoms with van der Waals surface area (Å²) in [6.07, 6.45) is 1.09. The van der Waals surface area contributed by atoms with Gasteiger partial charge in [0.2, 0.25) is 5.91 Å². The number of nitrogens with one attached hydrogen (secondary N) is 3. The van der Waals surface area contributed by atoms with E-state index >= 15 is 0 Å². The average Bonchev–Trinajstić information content (AvgIpc) is 2.58. The van der Waals surface area contributed by atoms with E-state index in [4.69, 9.17) is 4.74 Å². The van der Waals surface area contributed by atoms with Crippen LogP contribution in [0.5, 0.6) is 11.5 Å². The molecule has 1 unspecified atom stereocenters. The molecule has 0 radical (unpaired) electrons. The van der Waals surface area contributed by atoms with E-state index in [-0.39, 0.29) is 18.0 Å². The Morgan fingerprint density at radius 1 is 1.08 bits per heavy atom. The Labute approximate surface area is 140 Å². The van der Waals surface area contributed by atoms with E-state index in [0.717, 1.165) is 5.75 Å². The van der Waals surface area contributed by atoms with Gasteiger partial charge in [-0.1, -0.05) is 24.3 Å². The van der Waals surface area contributed by atoms with Gasteiger partial charge in [0.05, 0.1) is 0 Å². The minimum atomic E-state index is -0.298. The van der Waals surface area contributed by atoms with Crippen LogP contribution >= 0.6 is 0 Å². The highest BCUT2D eigenvalue weighted by Gasteiger charge is 2.19. The summed E-state index contributed by atoms with van der Waals surface area (Å²) in [6.45, 7) is 0.462. The molecule has 1 aliphatic rings. The number of carbonyl (C=O) groups excluding carboxylic acids is 2. The second-order valence-electron chi connectivity index (χ2n) is 5.58. The van der Waals surface area contributed by atoms with Crippen molar-refractivity contribution < 1.29 is 14.3 Å². The first-order valence-electron chi connectivity index (χ1n) is 7.86. The highest BCUT2D eigenvalue weighted by Crippen LogP contribution is 2.23. The first-order chi connectivity index (χ1) is 11.7. The molecule has 6 nitrogen and oxygen atoms in total. The Morgan fingerprint density at radius 2 is 1.88 bits per heavy atom. The lowest BCUT2D eigenvalue weighted by Gasteiger charge is -2.23. The molecule has 1 saturated heterocycles. The molecule has 1 fully saturated rings. The number of para-hydroxylation sites is 1. The van der Waals surface area contributed by atoms with Crippen LogP contribution in [-0.2, 0) is 4.79 Å². The third-order valence-corrected chi connectivity index (χ3v) is 3.67. The van der Waals surface area contributed by atoms with E-state index in [9.17, 15) is 9.59 Å². The number of amides is 3. The van der Waals surface area contributed by atoms with Crippen molar-refractivity contribution in [3.63, 3.8) is 0 Å². The molecule has 6 heteroatoms. The summed E-state index contributed by atoms with van der Waals surface area (Å²) in [7, 11) is 0. The number of ether oxygens (including phenoxy) is 1. The molecule has 24 heavy (non-hydrogen) atoms. The lowest BCUT2D eigenvalue weighted by molar-refractivity contribution is -0.122. The summed E-state index contributed by atoms with van der Waals surface area (Å²) in [5, 5.41) is 8.37. The molecule has 3 amide bonds. The van der Waals surface area contributed by atoms with Gasteiger partial charge in [0.25, 0.3) is 0 Å². The highest BCUT2D eigenvalue weighted by atomic mass is 16.5. The second kappa shape index (κ2) is 7.50. The number of hydrogen-bond donors (Lipinski definition) is 3. The molecule has 0 bridgehead atoms. The molecule has 0 saturated carbocycles. The number of hydrogen-bond acceptors (Lipinski definition) is 3. The standard InChI is InChI=1S/C18H19N3O3/c22-17-10-9-14(12-19-17)21-18(23)20-13-5-4-8-16(11-13)24-15-6-2-1-3-7-15/h1-8,11,14H,9-10,12H2,(H,19,22)(H2,20,21,23). The third kappa shape index (κ3) is 4.49. The van der Waals surface area contributed by atoms with Crippen molar-refractivity contribution in [1.82, 2.24) is 10.6 Å². The molecule has 1 aliphatic heterocycles. The number of urea groups is 1. The number of benzene rings is 2. The molecule has 0 aromatic heterocycles. The normalized spacial score (nSPS) is 16.8. The van der Waals surface area contributed by atoms with Crippen molar-refractivity contribution in [2.24, 2.45) is 0 Å². The number of rotatable bonds is 4. The lowest BCUT2D eigenvalue weighted by Crippen LogP contribution is -2.48. The average molecular weight is 325 g/mol. The van der Waals surface area contributed by atoms with Gasteiger partial charge in [0, 0.05) is 30.8 Å². The van der Waals surface area contributed by atoms with Crippen LogP contribution in [-0.4, -0.2) is 24.5 Å². The molecule has 0 aliphatic carbocycles. The van der Waals surface area contributed by atoms with Crippen LogP contribution in [0.15, 0.2) is 54.6 Å². The summed E-state index contributed by atoms with van der Waals surface area (Å²) in [4.78, 5) is 23.2. The Morgan fingerprint density at radius 3 is 2.62 bits per heavy atom. The summed E-state index contributed by atoms with van der Waals surface area (Å²) in [5.74, 6) is 1.40. The zero-order valence-corrected chi connectivity index (χ0v) is 13.1. The zero-order chi connectivity index (χ0) is 16.8. The van der Waals surface area contributed by atoms with E-state index < -0.39 is 0 Å². The molecule has 3 N–H and O–H groups in total. The van der Waals surface area contributed by atoms with Crippen molar-refractivity contribution in [3.8, 4) is 11.5 Å². The monoisotopic (exact) mass is 325 g/mol. The van der Waals surface area contributed by atoms with Crippen LogP contribution in [0.3, 0.4) is 0 Å². The quantitative estimate of drug-likeness (QED) is 0.808. The summed E-state index contributed by atoms with van der Waals surface area (Å²) < 4.78 is 5.74. The fourth-order valence-corrected chi connectivity index (χ4v) is 2.47. The van der Waals surface area contributed by atoms with Gasteiger partial charge in [0.15, 0.2) is 0 Å². The topological polar surface area (TPSA) is 79.5 Å². The molecule has 2 aromatic rings. The number of anilines is 1. The molecule has 1 heterocycles. The molecule has 2 aromatic carbocycles. The molecule has 124 valence electrons. The Kier molecular flexibility index (Phi) is 4.96. The van der Waals surface area contributed by atoms with Crippen LogP contribution < -0.4 is 20.7 Å². The molecule has 0 spiro atoms. The van der Waals surface area contributed by atoms with Gasteiger partial charge in [-0.15, -0.1) is 0 Å². The Hall–Kier alpha value is -3.02. The first kappa shape index (κ1) is 15.9. The Balaban J connectivity index is 1.56. The fraction of sp³-hybridized carbons (Fsp3) is 0.222. The Bertz CT molecular complexity index is 708. The van der Waals surface area contributed by atoms with Gasteiger partial charge < -0.3 is 20.7 Å². The zero-order valence-electron chi connectivity index (χ0n) is 13.1. The summed E-state index contributed by atoms with van der Waals surface area (Å²) >= 11 is 0. The van der Waals surface area contributed by atoms with Crippen molar-refractivity contribution >= 4 is 17.6 Å². The van der Waals surface area contributed by atoms with E-state index in [1.54, 1.807) is 12.1 Å².